The lowest BCUT2D eigenvalue weighted by molar-refractivity contribution is 0.0936. The molecule has 4 heterocycles. The van der Waals surface area contributed by atoms with Crippen molar-refractivity contribution in [1.82, 2.24) is 34.6 Å². The highest BCUT2D eigenvalue weighted by Crippen LogP contribution is 2.36. The first-order valence-corrected chi connectivity index (χ1v) is 13.8. The van der Waals surface area contributed by atoms with Crippen LogP contribution in [0, 0.1) is 12.3 Å². The number of carbonyl (C=O) groups excluding carboxylic acids is 2. The van der Waals surface area contributed by atoms with Crippen LogP contribution in [0.5, 0.6) is 5.75 Å². The molecule has 1 amide bonds. The minimum absolute atomic E-state index is 0.0380. The largest absolute Gasteiger partial charge is 0.506 e. The maximum absolute atomic E-state index is 13.2. The van der Waals surface area contributed by atoms with E-state index in [0.717, 1.165) is 23.2 Å². The third kappa shape index (κ3) is 4.42. The summed E-state index contributed by atoms with van der Waals surface area (Å²) < 4.78 is 3.64. The molecule has 11 nitrogen and oxygen atoms in total. The number of nitrogens with zero attached hydrogens (tertiary/aromatic N) is 6. The zero-order valence-electron chi connectivity index (χ0n) is 23.2. The highest BCUT2D eigenvalue weighted by atomic mass is 16.3. The molecule has 0 radical (unpaired) electrons. The Morgan fingerprint density at radius 1 is 1.11 bits per heavy atom. The van der Waals surface area contributed by atoms with E-state index in [1.165, 1.54) is 12.1 Å². The summed E-state index contributed by atoms with van der Waals surface area (Å²) in [6.07, 6.45) is 12.5. The van der Waals surface area contributed by atoms with Crippen LogP contribution in [0.3, 0.4) is 0 Å². The van der Waals surface area contributed by atoms with Crippen molar-refractivity contribution >= 4 is 29.2 Å². The summed E-state index contributed by atoms with van der Waals surface area (Å²) in [6, 6.07) is 17.8. The number of rotatable bonds is 6. The molecule has 4 aromatic heterocycles. The molecule has 0 saturated carbocycles. The summed E-state index contributed by atoms with van der Waals surface area (Å²) in [4.78, 5) is 38.7. The summed E-state index contributed by atoms with van der Waals surface area (Å²) in [5.41, 5.74) is 11.4. The number of anilines is 1. The van der Waals surface area contributed by atoms with Crippen molar-refractivity contribution in [2.75, 3.05) is 5.73 Å². The molecule has 4 N–H and O–H groups in total. The van der Waals surface area contributed by atoms with Gasteiger partial charge in [-0.05, 0) is 78.6 Å². The van der Waals surface area contributed by atoms with E-state index >= 15 is 0 Å². The molecule has 1 aliphatic carbocycles. The van der Waals surface area contributed by atoms with Gasteiger partial charge in [0.1, 0.15) is 17.1 Å². The minimum Gasteiger partial charge on any atom is -0.506 e. The number of amides is 1. The van der Waals surface area contributed by atoms with Gasteiger partial charge in [-0.1, -0.05) is 12.0 Å². The fraction of sp³-hybridized carbons (Fsp3) is 0.0909. The van der Waals surface area contributed by atoms with Gasteiger partial charge in [-0.2, -0.15) is 5.10 Å². The number of aldehydes is 1. The maximum atomic E-state index is 13.2. The number of pyridine rings is 2. The molecule has 11 heteroatoms. The third-order valence-electron chi connectivity index (χ3n) is 7.76. The predicted octanol–water partition coefficient (Wildman–Crippen LogP) is 4.17. The van der Waals surface area contributed by atoms with Crippen LogP contribution < -0.4 is 11.1 Å². The summed E-state index contributed by atoms with van der Waals surface area (Å²) in [6.45, 7) is 0. The topological polar surface area (TPSA) is 154 Å². The number of aryl methyl sites for hydroxylation is 1. The van der Waals surface area contributed by atoms with E-state index in [-0.39, 0.29) is 28.5 Å². The first kappa shape index (κ1) is 26.6. The van der Waals surface area contributed by atoms with E-state index in [4.69, 9.17) is 22.1 Å². The molecule has 214 valence electrons. The van der Waals surface area contributed by atoms with Crippen LogP contribution in [0.15, 0.2) is 79.3 Å². The van der Waals surface area contributed by atoms with Crippen molar-refractivity contribution in [3.8, 4) is 41.0 Å². The van der Waals surface area contributed by atoms with E-state index in [0.29, 0.717) is 46.9 Å². The average Bonchev–Trinajstić information content (AvgIpc) is 3.80. The summed E-state index contributed by atoms with van der Waals surface area (Å²) in [5.74, 6) is 3.19. The average molecular weight is 581 g/mol. The van der Waals surface area contributed by atoms with Gasteiger partial charge in [-0.3, -0.25) is 14.2 Å². The number of aromatic hydroxyl groups is 1. The Hall–Kier alpha value is -6.28. The second-order valence-electron chi connectivity index (χ2n) is 10.3. The molecule has 6 aromatic rings. The highest BCUT2D eigenvalue weighted by Gasteiger charge is 2.27. The van der Waals surface area contributed by atoms with Crippen LogP contribution in [0.1, 0.15) is 49.9 Å². The molecule has 0 aliphatic heterocycles. The molecule has 0 bridgehead atoms. The fourth-order valence-electron chi connectivity index (χ4n) is 5.63. The number of benzene rings is 2. The number of terminal acetylenes is 1. The normalized spacial score (nSPS) is 13.8. The molecule has 44 heavy (non-hydrogen) atoms. The molecule has 0 saturated heterocycles. The van der Waals surface area contributed by atoms with Gasteiger partial charge in [0.25, 0.3) is 5.91 Å². The van der Waals surface area contributed by atoms with Crippen molar-refractivity contribution in [3.63, 3.8) is 0 Å². The number of imidazole rings is 1. The van der Waals surface area contributed by atoms with Crippen LogP contribution in [0.2, 0.25) is 0 Å². The van der Waals surface area contributed by atoms with Gasteiger partial charge >= 0.3 is 0 Å². The standard InChI is InChI=1S/C33H24N8O3/c1-2-19-15-21(16-22(18-42)29(19)43)33(44)38-26-9-6-20-17-23(7-8-24(20)26)41-31(25-5-3-12-35-30(25)34)37-27-10-11-28(39-32(27)41)40-14-4-13-36-40/h1,3-5,7-8,10-18,26,43H,6,9H2,(H2,34,35)(H,38,44)/t26-/m0/s1. The van der Waals surface area contributed by atoms with Crippen LogP contribution in [-0.4, -0.2) is 46.6 Å². The first-order valence-electron chi connectivity index (χ1n) is 13.8. The minimum atomic E-state index is -0.392. The first-order chi connectivity index (χ1) is 21.4. The van der Waals surface area contributed by atoms with E-state index in [2.05, 4.69) is 27.4 Å². The molecule has 0 spiro atoms. The van der Waals surface area contributed by atoms with Gasteiger partial charge in [-0.15, -0.1) is 6.42 Å². The SMILES string of the molecule is C#Cc1cc(C(=O)N[C@H]2CCc3cc(-n4c(-c5cccnc5N)nc5ccc(-n6cccn6)nc54)ccc32)cc(C=O)c1O. The van der Waals surface area contributed by atoms with Crippen LogP contribution >= 0.6 is 0 Å². The van der Waals surface area contributed by atoms with Gasteiger partial charge in [-0.25, -0.2) is 19.6 Å². The lowest BCUT2D eigenvalue weighted by Crippen LogP contribution is -2.27. The Kier molecular flexibility index (Phi) is 6.36. The molecule has 2 aromatic carbocycles. The van der Waals surface area contributed by atoms with Gasteiger partial charge in [0.05, 0.1) is 22.7 Å². The monoisotopic (exact) mass is 580 g/mol. The summed E-state index contributed by atoms with van der Waals surface area (Å²) in [5, 5.41) is 17.5. The Labute approximate surface area is 251 Å². The van der Waals surface area contributed by atoms with Crippen molar-refractivity contribution in [3.05, 3.63) is 107 Å². The number of phenols is 1. The van der Waals surface area contributed by atoms with E-state index < -0.39 is 5.91 Å². The van der Waals surface area contributed by atoms with Gasteiger partial charge in [0.15, 0.2) is 23.6 Å². The summed E-state index contributed by atoms with van der Waals surface area (Å²) in [7, 11) is 0. The van der Waals surface area contributed by atoms with Gasteiger partial charge < -0.3 is 16.2 Å². The van der Waals surface area contributed by atoms with E-state index in [1.54, 1.807) is 17.1 Å². The number of nitrogens with two attached hydrogens (primary N) is 1. The molecule has 1 aliphatic rings. The van der Waals surface area contributed by atoms with Crippen molar-refractivity contribution < 1.29 is 14.7 Å². The second-order valence-corrected chi connectivity index (χ2v) is 10.3. The number of fused-ring (bicyclic) bond motifs is 2. The lowest BCUT2D eigenvalue weighted by Gasteiger charge is -2.16. The van der Waals surface area contributed by atoms with Gasteiger partial charge in [0, 0.05) is 29.8 Å². The van der Waals surface area contributed by atoms with Crippen molar-refractivity contribution in [2.45, 2.75) is 18.9 Å². The van der Waals surface area contributed by atoms with Crippen LogP contribution in [-0.2, 0) is 6.42 Å². The lowest BCUT2D eigenvalue weighted by atomic mass is 10.0. The number of hydrogen-bond acceptors (Lipinski definition) is 8. The fourth-order valence-corrected chi connectivity index (χ4v) is 5.63. The number of phenolic OH excluding ortho intramolecular Hbond substituents is 1. The molecular formula is C33H24N8O3. The quantitative estimate of drug-likeness (QED) is 0.196. The zero-order chi connectivity index (χ0) is 30.4. The van der Waals surface area contributed by atoms with Crippen molar-refractivity contribution in [2.24, 2.45) is 0 Å². The number of nitrogens with one attached hydrogen (secondary N) is 1. The molecule has 7 rings (SSSR count). The number of aromatic nitrogens is 6. The second kappa shape index (κ2) is 10.5. The Bertz CT molecular complexity index is 2140. The molecular weight excluding hydrogens is 556 g/mol. The van der Waals surface area contributed by atoms with E-state index in [1.807, 2.05) is 53.2 Å². The van der Waals surface area contributed by atoms with E-state index in [9.17, 15) is 14.7 Å². The predicted molar refractivity (Wildman–Crippen MR) is 164 cm³/mol. The van der Waals surface area contributed by atoms with Crippen LogP contribution in [0.25, 0.3) is 34.1 Å². The summed E-state index contributed by atoms with van der Waals surface area (Å²) >= 11 is 0. The zero-order valence-corrected chi connectivity index (χ0v) is 23.2. The van der Waals surface area contributed by atoms with Gasteiger partial charge in [0.2, 0.25) is 0 Å². The molecule has 1 atom stereocenters. The Morgan fingerprint density at radius 2 is 2.00 bits per heavy atom. The number of nitrogen functional groups attached to an aromatic ring is 1. The smallest absolute Gasteiger partial charge is 0.251 e. The highest BCUT2D eigenvalue weighted by molar-refractivity contribution is 5.97. The number of carbonyl (C=O) groups is 2. The van der Waals surface area contributed by atoms with Crippen LogP contribution in [0.4, 0.5) is 5.82 Å². The third-order valence-corrected chi connectivity index (χ3v) is 7.76. The molecule has 0 unspecified atom stereocenters. The number of hydrogen-bond donors (Lipinski definition) is 3. The maximum Gasteiger partial charge on any atom is 0.251 e. The van der Waals surface area contributed by atoms with Crippen molar-refractivity contribution in [1.29, 1.82) is 0 Å². The molecule has 0 fully saturated rings. The Morgan fingerprint density at radius 3 is 2.77 bits per heavy atom. The Balaban J connectivity index is 1.28.